The molecule has 2 aromatic rings. The molecule has 0 aliphatic rings. The van der Waals surface area contributed by atoms with Crippen LogP contribution in [0.2, 0.25) is 0 Å². The van der Waals surface area contributed by atoms with Crippen molar-refractivity contribution in [1.29, 1.82) is 0 Å². The van der Waals surface area contributed by atoms with Gasteiger partial charge in [0.15, 0.2) is 0 Å². The summed E-state index contributed by atoms with van der Waals surface area (Å²) in [5.41, 5.74) is 6.13. The number of nitrogens with one attached hydrogen (secondary N) is 2. The number of carbonyl (C=O) groups is 4. The molecule has 5 N–H and O–H groups in total. The first kappa shape index (κ1) is 28.9. The van der Waals surface area contributed by atoms with Crippen LogP contribution in [0.3, 0.4) is 0 Å². The molecule has 198 valence electrons. The molecule has 2 rings (SSSR count). The molecule has 37 heavy (non-hydrogen) atoms. The van der Waals surface area contributed by atoms with Crippen LogP contribution in [-0.4, -0.2) is 52.0 Å². The molecule has 0 radical (unpaired) electrons. The van der Waals surface area contributed by atoms with Crippen molar-refractivity contribution in [2.24, 2.45) is 5.73 Å². The van der Waals surface area contributed by atoms with Crippen molar-refractivity contribution in [3.05, 3.63) is 72.3 Å². The van der Waals surface area contributed by atoms with Gasteiger partial charge in [0.05, 0.1) is 6.42 Å². The molecule has 0 bridgehead atoms. The van der Waals surface area contributed by atoms with Crippen LogP contribution < -0.4 is 16.4 Å². The molecule has 0 aromatic heterocycles. The minimum absolute atomic E-state index is 0.113. The van der Waals surface area contributed by atoms with E-state index >= 15 is 0 Å². The molecule has 0 spiro atoms. The second-order valence-electron chi connectivity index (χ2n) is 9.45. The van der Waals surface area contributed by atoms with Crippen molar-refractivity contribution in [2.45, 2.75) is 51.8 Å². The molecule has 2 aromatic carbocycles. The van der Waals surface area contributed by atoms with Gasteiger partial charge in [0.2, 0.25) is 11.8 Å². The van der Waals surface area contributed by atoms with E-state index in [1.54, 1.807) is 39.0 Å². The van der Waals surface area contributed by atoms with Crippen molar-refractivity contribution in [1.82, 2.24) is 10.2 Å². The van der Waals surface area contributed by atoms with E-state index in [4.69, 9.17) is 10.5 Å². The molecule has 10 heteroatoms. The Morgan fingerprint density at radius 3 is 2.38 bits per heavy atom. The number of primary amides is 1. The predicted molar refractivity (Wildman–Crippen MR) is 140 cm³/mol. The second-order valence-corrected chi connectivity index (χ2v) is 9.45. The van der Waals surface area contributed by atoms with Crippen molar-refractivity contribution in [2.75, 3.05) is 11.9 Å². The number of aromatic hydroxyl groups is 1. The fourth-order valence-corrected chi connectivity index (χ4v) is 3.59. The number of ether oxygens (including phenoxy) is 1. The van der Waals surface area contributed by atoms with E-state index in [0.717, 1.165) is 10.5 Å². The summed E-state index contributed by atoms with van der Waals surface area (Å²) in [7, 11) is 0. The van der Waals surface area contributed by atoms with Gasteiger partial charge in [-0.25, -0.2) is 4.79 Å². The fraction of sp³-hybridized carbons (Fsp3) is 0.333. The summed E-state index contributed by atoms with van der Waals surface area (Å²) in [5, 5.41) is 15.3. The first-order valence-corrected chi connectivity index (χ1v) is 11.7. The van der Waals surface area contributed by atoms with Crippen LogP contribution in [-0.2, 0) is 19.1 Å². The Bertz CT molecular complexity index is 1160. The highest BCUT2D eigenvalue weighted by molar-refractivity contribution is 6.00. The molecular formula is C27H34N4O6. The summed E-state index contributed by atoms with van der Waals surface area (Å²) >= 11 is 0. The zero-order valence-corrected chi connectivity index (χ0v) is 21.5. The number of alkyl carbamates (subject to hydrolysis) is 1. The van der Waals surface area contributed by atoms with E-state index in [9.17, 15) is 24.3 Å². The summed E-state index contributed by atoms with van der Waals surface area (Å²) in [6, 6.07) is 10.3. The van der Waals surface area contributed by atoms with Gasteiger partial charge in [-0.1, -0.05) is 36.4 Å². The Morgan fingerprint density at radius 1 is 1.14 bits per heavy atom. The van der Waals surface area contributed by atoms with Crippen molar-refractivity contribution in [3.63, 3.8) is 0 Å². The summed E-state index contributed by atoms with van der Waals surface area (Å²) < 4.78 is 5.23. The highest BCUT2D eigenvalue weighted by Crippen LogP contribution is 2.27. The third kappa shape index (κ3) is 8.68. The number of phenolic OH excluding ortho intramolecular Hbond substituents is 1. The van der Waals surface area contributed by atoms with Crippen molar-refractivity contribution >= 4 is 29.5 Å². The first-order chi connectivity index (χ1) is 17.3. The quantitative estimate of drug-likeness (QED) is 0.361. The van der Waals surface area contributed by atoms with Crippen LogP contribution in [0.25, 0.3) is 0 Å². The number of hydrogen-bond donors (Lipinski definition) is 4. The van der Waals surface area contributed by atoms with E-state index in [1.807, 2.05) is 19.1 Å². The summed E-state index contributed by atoms with van der Waals surface area (Å²) in [5.74, 6) is -2.30. The highest BCUT2D eigenvalue weighted by atomic mass is 16.6. The standard InChI is InChI=1S/C27H34N4O6/c1-6-14-31(25(35)21(16-22(28)33)30-26(36)37-27(3,4)5)23(18-11-9-12-19(32)15-18)24(34)29-20-13-8-7-10-17(20)2/h6-13,15,21,23,32H,1,14,16H2,2-5H3,(H2,28,33)(H,29,34)(H,30,36). The van der Waals surface area contributed by atoms with Gasteiger partial charge in [0.1, 0.15) is 23.4 Å². The van der Waals surface area contributed by atoms with Gasteiger partial charge in [-0.3, -0.25) is 14.4 Å². The zero-order chi connectivity index (χ0) is 27.8. The fourth-order valence-electron chi connectivity index (χ4n) is 3.59. The van der Waals surface area contributed by atoms with E-state index in [2.05, 4.69) is 17.2 Å². The Kier molecular flexibility index (Phi) is 9.82. The summed E-state index contributed by atoms with van der Waals surface area (Å²) in [6.45, 7) is 10.3. The summed E-state index contributed by atoms with van der Waals surface area (Å²) in [4.78, 5) is 52.8. The van der Waals surface area contributed by atoms with E-state index in [0.29, 0.717) is 11.3 Å². The SMILES string of the molecule is C=CCN(C(=O)C(CC(N)=O)NC(=O)OC(C)(C)C)C(C(=O)Nc1ccccc1C)c1cccc(O)c1. The van der Waals surface area contributed by atoms with E-state index < -0.39 is 47.9 Å². The van der Waals surface area contributed by atoms with Crippen LogP contribution >= 0.6 is 0 Å². The lowest BCUT2D eigenvalue weighted by molar-refractivity contribution is -0.141. The number of nitrogens with two attached hydrogens (primary N) is 1. The molecule has 0 aliphatic heterocycles. The van der Waals surface area contributed by atoms with Gasteiger partial charge in [-0.2, -0.15) is 0 Å². The Morgan fingerprint density at radius 2 is 1.81 bits per heavy atom. The zero-order valence-electron chi connectivity index (χ0n) is 21.5. The maximum Gasteiger partial charge on any atom is 0.408 e. The lowest BCUT2D eigenvalue weighted by Crippen LogP contribution is -2.53. The lowest BCUT2D eigenvalue weighted by Gasteiger charge is -2.33. The lowest BCUT2D eigenvalue weighted by atomic mass is 10.0. The van der Waals surface area contributed by atoms with E-state index in [1.165, 1.54) is 24.3 Å². The number of aryl methyl sites for hydroxylation is 1. The smallest absolute Gasteiger partial charge is 0.408 e. The minimum atomic E-state index is -1.42. The molecule has 10 nitrogen and oxygen atoms in total. The number of phenols is 1. The van der Waals surface area contributed by atoms with Gasteiger partial charge in [0, 0.05) is 12.2 Å². The van der Waals surface area contributed by atoms with Crippen LogP contribution in [0.1, 0.15) is 44.4 Å². The molecule has 4 amide bonds. The van der Waals surface area contributed by atoms with Crippen LogP contribution in [0.15, 0.2) is 61.2 Å². The topological polar surface area (TPSA) is 151 Å². The second kappa shape index (κ2) is 12.6. The monoisotopic (exact) mass is 510 g/mol. The Hall–Kier alpha value is -4.34. The third-order valence-corrected chi connectivity index (χ3v) is 5.15. The van der Waals surface area contributed by atoms with Gasteiger partial charge >= 0.3 is 6.09 Å². The van der Waals surface area contributed by atoms with Crippen LogP contribution in [0.5, 0.6) is 5.75 Å². The van der Waals surface area contributed by atoms with Crippen LogP contribution in [0, 0.1) is 6.92 Å². The van der Waals surface area contributed by atoms with E-state index in [-0.39, 0.29) is 12.3 Å². The maximum atomic E-state index is 13.8. The predicted octanol–water partition coefficient (Wildman–Crippen LogP) is 3.16. The molecule has 0 aliphatic carbocycles. The molecular weight excluding hydrogens is 476 g/mol. The number of hydrogen-bond acceptors (Lipinski definition) is 6. The minimum Gasteiger partial charge on any atom is -0.508 e. The molecule has 0 saturated heterocycles. The summed E-state index contributed by atoms with van der Waals surface area (Å²) in [6.07, 6.45) is -0.0505. The largest absolute Gasteiger partial charge is 0.508 e. The van der Waals surface area contributed by atoms with Gasteiger partial charge in [0.25, 0.3) is 5.91 Å². The molecule has 0 heterocycles. The van der Waals surface area contributed by atoms with Crippen molar-refractivity contribution in [3.8, 4) is 5.75 Å². The van der Waals surface area contributed by atoms with Gasteiger partial charge in [-0.05, 0) is 57.0 Å². The molecule has 2 atom stereocenters. The number of amides is 4. The number of nitrogens with zero attached hydrogens (tertiary/aromatic N) is 1. The Balaban J connectivity index is 2.52. The maximum absolute atomic E-state index is 13.8. The molecule has 0 fully saturated rings. The van der Waals surface area contributed by atoms with Crippen LogP contribution in [0.4, 0.5) is 10.5 Å². The average Bonchev–Trinajstić information content (AvgIpc) is 2.78. The average molecular weight is 511 g/mol. The highest BCUT2D eigenvalue weighted by Gasteiger charge is 2.36. The first-order valence-electron chi connectivity index (χ1n) is 11.7. The number of carbonyl (C=O) groups excluding carboxylic acids is 4. The van der Waals surface area contributed by atoms with Gasteiger partial charge in [-0.15, -0.1) is 6.58 Å². The Labute approximate surface area is 216 Å². The molecule has 0 saturated carbocycles. The third-order valence-electron chi connectivity index (χ3n) is 5.15. The number of anilines is 1. The molecule has 2 unspecified atom stereocenters. The number of rotatable bonds is 10. The normalized spacial score (nSPS) is 12.5. The number of benzene rings is 2. The number of para-hydroxylation sites is 1. The van der Waals surface area contributed by atoms with Crippen molar-refractivity contribution < 1.29 is 29.0 Å². The van der Waals surface area contributed by atoms with Gasteiger partial charge < -0.3 is 31.1 Å².